The van der Waals surface area contributed by atoms with Gasteiger partial charge >= 0.3 is 0 Å². The normalized spacial score (nSPS) is 26.4. The van der Waals surface area contributed by atoms with Crippen LogP contribution in [-0.4, -0.2) is 40.9 Å². The van der Waals surface area contributed by atoms with Crippen LogP contribution in [0.15, 0.2) is 59.7 Å². The van der Waals surface area contributed by atoms with Gasteiger partial charge in [0.1, 0.15) is 11.9 Å². The summed E-state index contributed by atoms with van der Waals surface area (Å²) in [5.74, 6) is -3.63. The Morgan fingerprint density at radius 1 is 1.00 bits per heavy atom. The molecule has 0 unspecified atom stereocenters. The lowest BCUT2D eigenvalue weighted by molar-refractivity contribution is -0.123. The van der Waals surface area contributed by atoms with E-state index < -0.39 is 47.3 Å². The molecule has 0 spiro atoms. The van der Waals surface area contributed by atoms with Crippen LogP contribution in [0.5, 0.6) is 0 Å². The average molecular weight is 458 g/mol. The van der Waals surface area contributed by atoms with Crippen LogP contribution in [0.1, 0.15) is 10.4 Å². The van der Waals surface area contributed by atoms with Crippen molar-refractivity contribution in [1.82, 2.24) is 5.01 Å². The molecule has 2 fully saturated rings. The molecule has 156 valence electrons. The number of allylic oxidation sites excluding steroid dienone is 1. The maximum atomic E-state index is 13.5. The summed E-state index contributed by atoms with van der Waals surface area (Å²) in [5.41, 5.74) is 0.456. The number of nitrogens with zero attached hydrogens (tertiary/aromatic N) is 3. The van der Waals surface area contributed by atoms with Crippen LogP contribution >= 0.6 is 23.2 Å². The smallest absolute Gasteiger partial charge is 0.240 e. The van der Waals surface area contributed by atoms with Crippen LogP contribution in [0.3, 0.4) is 0 Å². The van der Waals surface area contributed by atoms with Gasteiger partial charge in [0, 0.05) is 16.8 Å². The number of hydrogen-bond donors (Lipinski definition) is 0. The third-order valence-corrected chi connectivity index (χ3v) is 6.38. The third-order valence-electron chi connectivity index (χ3n) is 5.84. The van der Waals surface area contributed by atoms with Gasteiger partial charge in [-0.2, -0.15) is 5.10 Å². The van der Waals surface area contributed by atoms with E-state index in [1.54, 1.807) is 12.2 Å². The number of amides is 2. The van der Waals surface area contributed by atoms with E-state index in [2.05, 4.69) is 5.10 Å². The number of rotatable bonds is 3. The van der Waals surface area contributed by atoms with E-state index in [4.69, 9.17) is 23.2 Å². The lowest BCUT2D eigenvalue weighted by Gasteiger charge is -2.30. The SMILES string of the molecule is O=C(c1ccc(F)cc1)[C@@H]1[C@@H]2C(=O)N(c3ccc(Cl)cc3Cl)C(=O)[C@@H]2[C@H]2C=CC=NN21. The van der Waals surface area contributed by atoms with Crippen molar-refractivity contribution in [3.63, 3.8) is 0 Å². The summed E-state index contributed by atoms with van der Waals surface area (Å²) >= 11 is 12.2. The van der Waals surface area contributed by atoms with Gasteiger partial charge in [0.05, 0.1) is 28.6 Å². The van der Waals surface area contributed by atoms with Gasteiger partial charge in [0.25, 0.3) is 0 Å². The van der Waals surface area contributed by atoms with Gasteiger partial charge in [-0.15, -0.1) is 0 Å². The molecular formula is C22H14Cl2FN3O3. The van der Waals surface area contributed by atoms with Gasteiger partial charge in [-0.3, -0.25) is 19.4 Å². The second kappa shape index (κ2) is 7.28. The van der Waals surface area contributed by atoms with E-state index in [0.717, 1.165) is 4.90 Å². The largest absolute Gasteiger partial charge is 0.292 e. The predicted octanol–water partition coefficient (Wildman–Crippen LogP) is 3.73. The first-order valence-electron chi connectivity index (χ1n) is 9.50. The van der Waals surface area contributed by atoms with Crippen molar-refractivity contribution < 1.29 is 18.8 Å². The number of carbonyl (C=O) groups is 3. The minimum absolute atomic E-state index is 0.157. The second-order valence-electron chi connectivity index (χ2n) is 7.50. The molecule has 0 bridgehead atoms. The van der Waals surface area contributed by atoms with Gasteiger partial charge in [-0.25, -0.2) is 9.29 Å². The Bertz CT molecular complexity index is 1180. The number of Topliss-reactive ketones (excluding diaryl/α,β-unsaturated/α-hetero) is 1. The quantitative estimate of drug-likeness (QED) is 0.520. The summed E-state index contributed by atoms with van der Waals surface area (Å²) in [6.45, 7) is 0. The van der Waals surface area contributed by atoms with E-state index in [0.29, 0.717) is 5.02 Å². The van der Waals surface area contributed by atoms with Crippen LogP contribution in [0, 0.1) is 17.7 Å². The minimum atomic E-state index is -1.01. The monoisotopic (exact) mass is 457 g/mol. The molecule has 2 aromatic carbocycles. The Kier molecular flexibility index (Phi) is 4.68. The highest BCUT2D eigenvalue weighted by Crippen LogP contribution is 2.47. The number of carbonyl (C=O) groups excluding carboxylic acids is 3. The standard InChI is InChI=1S/C22H14Cl2FN3O3/c23-12-5-8-15(14(24)10-12)27-21(30)17-16-2-1-9-26-28(16)19(18(17)22(27)31)20(29)11-3-6-13(25)7-4-11/h1-10,16-19H/t16-,17-,18-,19+/m1/s1. The maximum absolute atomic E-state index is 13.5. The molecule has 4 atom stereocenters. The highest BCUT2D eigenvalue weighted by atomic mass is 35.5. The van der Waals surface area contributed by atoms with Crippen molar-refractivity contribution in [3.8, 4) is 0 Å². The third kappa shape index (κ3) is 2.99. The van der Waals surface area contributed by atoms with E-state index in [-0.39, 0.29) is 16.3 Å². The van der Waals surface area contributed by atoms with Crippen molar-refractivity contribution in [2.45, 2.75) is 12.1 Å². The summed E-state index contributed by atoms with van der Waals surface area (Å²) in [7, 11) is 0. The van der Waals surface area contributed by atoms with Crippen LogP contribution in [0.4, 0.5) is 10.1 Å². The van der Waals surface area contributed by atoms with Gasteiger partial charge in [0.15, 0.2) is 5.78 Å². The molecule has 0 aliphatic carbocycles. The Morgan fingerprint density at radius 3 is 2.42 bits per heavy atom. The molecule has 6 nitrogen and oxygen atoms in total. The number of imide groups is 1. The molecule has 2 saturated heterocycles. The summed E-state index contributed by atoms with van der Waals surface area (Å²) in [5, 5.41) is 6.30. The zero-order chi connectivity index (χ0) is 21.9. The van der Waals surface area contributed by atoms with Crippen molar-refractivity contribution >= 4 is 52.7 Å². The molecule has 0 saturated carbocycles. The van der Waals surface area contributed by atoms with Gasteiger partial charge < -0.3 is 0 Å². The molecule has 2 amide bonds. The zero-order valence-corrected chi connectivity index (χ0v) is 17.3. The first kappa shape index (κ1) is 19.9. The molecule has 0 N–H and O–H groups in total. The van der Waals surface area contributed by atoms with Crippen molar-refractivity contribution in [3.05, 3.63) is 76.0 Å². The molecule has 3 aliphatic heterocycles. The van der Waals surface area contributed by atoms with E-state index in [1.165, 1.54) is 53.7 Å². The molecule has 5 rings (SSSR count). The lowest BCUT2D eigenvalue weighted by Crippen LogP contribution is -2.46. The average Bonchev–Trinajstić information content (AvgIpc) is 3.22. The Hall–Kier alpha value is -3.03. The van der Waals surface area contributed by atoms with Gasteiger partial charge in [-0.05, 0) is 48.5 Å². The fourth-order valence-corrected chi connectivity index (χ4v) is 5.02. The number of fused-ring (bicyclic) bond motifs is 3. The fourth-order valence-electron chi connectivity index (χ4n) is 4.52. The summed E-state index contributed by atoms with van der Waals surface area (Å²) in [6, 6.07) is 8.00. The Labute approximate surface area is 186 Å². The summed E-state index contributed by atoms with van der Waals surface area (Å²) < 4.78 is 13.3. The highest BCUT2D eigenvalue weighted by molar-refractivity contribution is 6.38. The van der Waals surface area contributed by atoms with E-state index in [9.17, 15) is 18.8 Å². The van der Waals surface area contributed by atoms with Crippen LogP contribution in [0.25, 0.3) is 0 Å². The number of hydrogen-bond acceptors (Lipinski definition) is 5. The first-order valence-corrected chi connectivity index (χ1v) is 10.3. The molecule has 3 aliphatic rings. The lowest BCUT2D eigenvalue weighted by atomic mass is 9.86. The number of halogens is 3. The first-order chi connectivity index (χ1) is 14.9. The predicted molar refractivity (Wildman–Crippen MR) is 114 cm³/mol. The van der Waals surface area contributed by atoms with Crippen LogP contribution < -0.4 is 4.90 Å². The Morgan fingerprint density at radius 2 is 1.71 bits per heavy atom. The van der Waals surface area contributed by atoms with Crippen LogP contribution in [0.2, 0.25) is 10.0 Å². The molecule has 3 heterocycles. The summed E-state index contributed by atoms with van der Waals surface area (Å²) in [6.07, 6.45) is 4.94. The topological polar surface area (TPSA) is 70.0 Å². The number of ketones is 1. The van der Waals surface area contributed by atoms with Gasteiger partial charge in [0.2, 0.25) is 11.8 Å². The van der Waals surface area contributed by atoms with Crippen molar-refractivity contribution in [2.24, 2.45) is 16.9 Å². The van der Waals surface area contributed by atoms with Crippen molar-refractivity contribution in [1.29, 1.82) is 0 Å². The molecule has 2 aromatic rings. The van der Waals surface area contributed by atoms with Crippen LogP contribution in [-0.2, 0) is 9.59 Å². The number of hydrazone groups is 1. The van der Waals surface area contributed by atoms with Gasteiger partial charge in [-0.1, -0.05) is 29.3 Å². The molecule has 9 heteroatoms. The summed E-state index contributed by atoms with van der Waals surface area (Å²) in [4.78, 5) is 41.3. The van der Waals surface area contributed by atoms with E-state index in [1.807, 2.05) is 0 Å². The second-order valence-corrected chi connectivity index (χ2v) is 8.34. The maximum Gasteiger partial charge on any atom is 0.240 e. The number of anilines is 1. The minimum Gasteiger partial charge on any atom is -0.292 e. The highest BCUT2D eigenvalue weighted by Gasteiger charge is 2.64. The Balaban J connectivity index is 1.59. The molecule has 0 radical (unpaired) electrons. The van der Waals surface area contributed by atoms with E-state index >= 15 is 0 Å². The molecular weight excluding hydrogens is 444 g/mol. The molecule has 0 aromatic heterocycles. The fraction of sp³-hybridized carbons (Fsp3) is 0.182. The van der Waals surface area contributed by atoms with Crippen molar-refractivity contribution in [2.75, 3.05) is 4.90 Å². The molecule has 31 heavy (non-hydrogen) atoms. The zero-order valence-electron chi connectivity index (χ0n) is 15.8. The number of benzene rings is 2.